The van der Waals surface area contributed by atoms with E-state index in [1.54, 1.807) is 12.1 Å². The Bertz CT molecular complexity index is 726. The molecule has 1 aromatic heterocycles. The van der Waals surface area contributed by atoms with Crippen molar-refractivity contribution in [3.05, 3.63) is 45.4 Å². The predicted octanol–water partition coefficient (Wildman–Crippen LogP) is 2.66. The lowest BCUT2D eigenvalue weighted by Crippen LogP contribution is -2.34. The summed E-state index contributed by atoms with van der Waals surface area (Å²) in [5.74, 6) is -0.288. The van der Waals surface area contributed by atoms with E-state index in [1.807, 2.05) is 6.92 Å². The van der Waals surface area contributed by atoms with E-state index in [-0.39, 0.29) is 17.6 Å². The van der Waals surface area contributed by atoms with E-state index in [1.165, 1.54) is 23.5 Å². The molecule has 1 heterocycles. The second kappa shape index (κ2) is 9.17. The minimum absolute atomic E-state index is 0.113. The van der Waals surface area contributed by atoms with Gasteiger partial charge < -0.3 is 15.7 Å². The summed E-state index contributed by atoms with van der Waals surface area (Å²) in [6.07, 6.45) is 3.07. The SMILES string of the molecule is CCCCc1nc(C)c(C(=O)NCCNC(=O)c2ccc(O)cc2)s1. The summed E-state index contributed by atoms with van der Waals surface area (Å²) in [5.41, 5.74) is 1.21. The zero-order valence-electron chi connectivity index (χ0n) is 14.5. The minimum atomic E-state index is -0.245. The fourth-order valence-corrected chi connectivity index (χ4v) is 3.27. The summed E-state index contributed by atoms with van der Waals surface area (Å²) < 4.78 is 0. The van der Waals surface area contributed by atoms with Crippen molar-refractivity contribution in [1.29, 1.82) is 0 Å². The summed E-state index contributed by atoms with van der Waals surface area (Å²) in [4.78, 5) is 29.2. The first-order valence-corrected chi connectivity index (χ1v) is 9.14. The van der Waals surface area contributed by atoms with Crippen LogP contribution in [0.4, 0.5) is 0 Å². The van der Waals surface area contributed by atoms with Gasteiger partial charge in [-0.2, -0.15) is 0 Å². The van der Waals surface area contributed by atoms with Crippen molar-refractivity contribution in [1.82, 2.24) is 15.6 Å². The molecule has 0 spiro atoms. The molecular formula is C18H23N3O3S. The van der Waals surface area contributed by atoms with Gasteiger partial charge in [0.2, 0.25) is 0 Å². The third-order valence-corrected chi connectivity index (χ3v) is 4.83. The number of hydrogen-bond acceptors (Lipinski definition) is 5. The topological polar surface area (TPSA) is 91.3 Å². The summed E-state index contributed by atoms with van der Waals surface area (Å²) in [6.45, 7) is 4.63. The van der Waals surface area contributed by atoms with Gasteiger partial charge in [0, 0.05) is 18.7 Å². The van der Waals surface area contributed by atoms with E-state index < -0.39 is 0 Å². The highest BCUT2D eigenvalue weighted by Crippen LogP contribution is 2.19. The van der Waals surface area contributed by atoms with Crippen molar-refractivity contribution in [2.45, 2.75) is 33.1 Å². The van der Waals surface area contributed by atoms with Crippen LogP contribution in [0.1, 0.15) is 50.5 Å². The van der Waals surface area contributed by atoms with E-state index in [9.17, 15) is 14.7 Å². The van der Waals surface area contributed by atoms with Gasteiger partial charge in [0.1, 0.15) is 10.6 Å². The first-order valence-electron chi connectivity index (χ1n) is 8.33. The van der Waals surface area contributed by atoms with Crippen molar-refractivity contribution < 1.29 is 14.7 Å². The number of aromatic nitrogens is 1. The number of carbonyl (C=O) groups is 2. The number of unbranched alkanes of at least 4 members (excludes halogenated alkanes) is 1. The number of hydrogen-bond donors (Lipinski definition) is 3. The maximum absolute atomic E-state index is 12.2. The monoisotopic (exact) mass is 361 g/mol. The van der Waals surface area contributed by atoms with Gasteiger partial charge in [-0.15, -0.1) is 11.3 Å². The zero-order valence-corrected chi connectivity index (χ0v) is 15.3. The Morgan fingerprint density at radius 1 is 1.12 bits per heavy atom. The molecule has 0 atom stereocenters. The fraction of sp³-hybridized carbons (Fsp3) is 0.389. The highest BCUT2D eigenvalue weighted by molar-refractivity contribution is 7.13. The van der Waals surface area contributed by atoms with Crippen LogP contribution >= 0.6 is 11.3 Å². The molecule has 0 unspecified atom stereocenters. The van der Waals surface area contributed by atoms with Gasteiger partial charge in [-0.25, -0.2) is 4.98 Å². The molecule has 2 amide bonds. The Balaban J connectivity index is 1.77. The Morgan fingerprint density at radius 3 is 2.40 bits per heavy atom. The Morgan fingerprint density at radius 2 is 1.76 bits per heavy atom. The number of phenolic OH excluding ortho intramolecular Hbond substituents is 1. The smallest absolute Gasteiger partial charge is 0.263 e. The molecule has 134 valence electrons. The molecule has 0 aliphatic carbocycles. The lowest BCUT2D eigenvalue weighted by molar-refractivity contribution is 0.0929. The van der Waals surface area contributed by atoms with Gasteiger partial charge in [-0.05, 0) is 44.0 Å². The van der Waals surface area contributed by atoms with E-state index in [4.69, 9.17) is 0 Å². The number of nitrogens with zero attached hydrogens (tertiary/aromatic N) is 1. The number of thiazole rings is 1. The van der Waals surface area contributed by atoms with Crippen molar-refractivity contribution in [2.75, 3.05) is 13.1 Å². The van der Waals surface area contributed by atoms with Crippen LogP contribution in [0.3, 0.4) is 0 Å². The van der Waals surface area contributed by atoms with Crippen LogP contribution < -0.4 is 10.6 Å². The molecule has 2 rings (SSSR count). The van der Waals surface area contributed by atoms with Gasteiger partial charge in [-0.3, -0.25) is 9.59 Å². The number of nitrogens with one attached hydrogen (secondary N) is 2. The van der Waals surface area contributed by atoms with E-state index >= 15 is 0 Å². The number of rotatable bonds is 8. The van der Waals surface area contributed by atoms with Gasteiger partial charge in [0.15, 0.2) is 0 Å². The highest BCUT2D eigenvalue weighted by Gasteiger charge is 2.14. The maximum atomic E-state index is 12.2. The van der Waals surface area contributed by atoms with Crippen molar-refractivity contribution in [3.8, 4) is 5.75 Å². The van der Waals surface area contributed by atoms with Gasteiger partial charge in [-0.1, -0.05) is 13.3 Å². The maximum Gasteiger partial charge on any atom is 0.263 e. The fourth-order valence-electron chi connectivity index (χ4n) is 2.25. The van der Waals surface area contributed by atoms with Gasteiger partial charge in [0.25, 0.3) is 11.8 Å². The average molecular weight is 361 g/mol. The van der Waals surface area contributed by atoms with Gasteiger partial charge >= 0.3 is 0 Å². The minimum Gasteiger partial charge on any atom is -0.508 e. The highest BCUT2D eigenvalue weighted by atomic mass is 32.1. The number of benzene rings is 1. The van der Waals surface area contributed by atoms with Crippen molar-refractivity contribution >= 4 is 23.2 Å². The lowest BCUT2D eigenvalue weighted by atomic mass is 10.2. The number of amides is 2. The zero-order chi connectivity index (χ0) is 18.2. The van der Waals surface area contributed by atoms with E-state index in [0.29, 0.717) is 23.5 Å². The van der Waals surface area contributed by atoms with Crippen molar-refractivity contribution in [2.24, 2.45) is 0 Å². The molecule has 0 aliphatic heterocycles. The number of carbonyl (C=O) groups excluding carboxylic acids is 2. The van der Waals surface area contributed by atoms with E-state index in [2.05, 4.69) is 22.5 Å². The van der Waals surface area contributed by atoms with Crippen LogP contribution in [0.25, 0.3) is 0 Å². The molecule has 7 heteroatoms. The third-order valence-electron chi connectivity index (χ3n) is 3.62. The molecular weight excluding hydrogens is 338 g/mol. The van der Waals surface area contributed by atoms with Crippen LogP contribution in [0.15, 0.2) is 24.3 Å². The Labute approximate surface area is 151 Å². The molecule has 0 fully saturated rings. The van der Waals surface area contributed by atoms with E-state index in [0.717, 1.165) is 30.0 Å². The third kappa shape index (κ3) is 5.56. The van der Waals surface area contributed by atoms with Crippen LogP contribution in [0.5, 0.6) is 5.75 Å². The first-order chi connectivity index (χ1) is 12.0. The second-order valence-electron chi connectivity index (χ2n) is 5.68. The summed E-state index contributed by atoms with van der Waals surface area (Å²) in [6, 6.07) is 6.00. The summed E-state index contributed by atoms with van der Waals surface area (Å²) in [7, 11) is 0. The molecule has 0 saturated heterocycles. The lowest BCUT2D eigenvalue weighted by Gasteiger charge is -2.07. The Hall–Kier alpha value is -2.41. The molecule has 0 radical (unpaired) electrons. The number of phenols is 1. The van der Waals surface area contributed by atoms with Crippen LogP contribution in [-0.4, -0.2) is 35.0 Å². The molecule has 2 aromatic rings. The summed E-state index contributed by atoms with van der Waals surface area (Å²) in [5, 5.41) is 15.7. The normalized spacial score (nSPS) is 10.5. The van der Waals surface area contributed by atoms with Crippen LogP contribution in [0, 0.1) is 6.92 Å². The molecule has 0 saturated carbocycles. The molecule has 1 aromatic carbocycles. The second-order valence-corrected chi connectivity index (χ2v) is 6.77. The quantitative estimate of drug-likeness (QED) is 0.631. The van der Waals surface area contributed by atoms with Crippen LogP contribution in [0.2, 0.25) is 0 Å². The summed E-state index contributed by atoms with van der Waals surface area (Å²) >= 11 is 1.44. The molecule has 0 bridgehead atoms. The van der Waals surface area contributed by atoms with Crippen molar-refractivity contribution in [3.63, 3.8) is 0 Å². The first kappa shape index (κ1) is 18.9. The largest absolute Gasteiger partial charge is 0.508 e. The predicted molar refractivity (Wildman–Crippen MR) is 98.2 cm³/mol. The van der Waals surface area contributed by atoms with Crippen LogP contribution in [-0.2, 0) is 6.42 Å². The molecule has 3 N–H and O–H groups in total. The number of aryl methyl sites for hydroxylation is 2. The standard InChI is InChI=1S/C18H23N3O3S/c1-3-4-5-15-21-12(2)16(25-15)18(24)20-11-10-19-17(23)13-6-8-14(22)9-7-13/h6-9,22H,3-5,10-11H2,1-2H3,(H,19,23)(H,20,24). The molecule has 0 aliphatic rings. The Kier molecular flexibility index (Phi) is 6.94. The molecule has 6 nitrogen and oxygen atoms in total. The van der Waals surface area contributed by atoms with Gasteiger partial charge in [0.05, 0.1) is 10.7 Å². The average Bonchev–Trinajstić information content (AvgIpc) is 2.98. The molecule has 25 heavy (non-hydrogen) atoms. The number of aromatic hydroxyl groups is 1.